The number of carboxylic acid groups (broad SMARTS) is 1. The zero-order valence-corrected chi connectivity index (χ0v) is 13.9. The predicted molar refractivity (Wildman–Crippen MR) is 97.1 cm³/mol. The van der Waals surface area contributed by atoms with E-state index in [0.29, 0.717) is 5.69 Å². The molecule has 0 heterocycles. The molecule has 25 heavy (non-hydrogen) atoms. The normalized spacial score (nSPS) is 11.4. The second-order valence-electron chi connectivity index (χ2n) is 5.60. The van der Waals surface area contributed by atoms with Crippen molar-refractivity contribution in [3.63, 3.8) is 0 Å². The van der Waals surface area contributed by atoms with Gasteiger partial charge in [0.15, 0.2) is 0 Å². The number of fused-ring (bicyclic) bond motifs is 1. The largest absolute Gasteiger partial charge is 0.545 e. The summed E-state index contributed by atoms with van der Waals surface area (Å²) in [4.78, 5) is 10.7. The van der Waals surface area contributed by atoms with Gasteiger partial charge in [0.25, 0.3) is 0 Å². The molecule has 0 atom stereocenters. The van der Waals surface area contributed by atoms with Crippen LogP contribution in [-0.4, -0.2) is 18.8 Å². The van der Waals surface area contributed by atoms with Crippen LogP contribution in [0.15, 0.2) is 65.8 Å². The molecule has 3 rings (SSSR count). The van der Waals surface area contributed by atoms with E-state index in [1.165, 1.54) is 12.1 Å². The number of benzene rings is 3. The van der Waals surface area contributed by atoms with Crippen LogP contribution < -0.4 is 15.3 Å². The highest BCUT2D eigenvalue weighted by Crippen LogP contribution is 2.22. The van der Waals surface area contributed by atoms with Crippen LogP contribution in [0.3, 0.4) is 0 Å². The maximum atomic E-state index is 10.7. The molecule has 5 nitrogen and oxygen atoms in total. The number of anilines is 1. The number of nitrogens with one attached hydrogen (secondary N) is 1. The summed E-state index contributed by atoms with van der Waals surface area (Å²) in [6.45, 7) is 1.91. The minimum absolute atomic E-state index is 0.135. The van der Waals surface area contributed by atoms with Crippen molar-refractivity contribution >= 4 is 28.1 Å². The summed E-state index contributed by atoms with van der Waals surface area (Å²) in [6, 6.07) is 18.3. The summed E-state index contributed by atoms with van der Waals surface area (Å²) in [5.41, 5.74) is 5.59. The van der Waals surface area contributed by atoms with Crippen molar-refractivity contribution in [2.24, 2.45) is 5.10 Å². The van der Waals surface area contributed by atoms with Crippen molar-refractivity contribution < 1.29 is 14.6 Å². The number of rotatable bonds is 5. The van der Waals surface area contributed by atoms with E-state index in [-0.39, 0.29) is 5.56 Å². The first-order valence-electron chi connectivity index (χ1n) is 7.77. The van der Waals surface area contributed by atoms with Crippen molar-refractivity contribution in [3.05, 3.63) is 71.8 Å². The van der Waals surface area contributed by atoms with Gasteiger partial charge in [0.1, 0.15) is 5.75 Å². The zero-order chi connectivity index (χ0) is 17.8. The standard InChI is InChI=1S/C20H18N2O3/c1-13(21-22-18-8-5-14(6-9-18)20(23)24)15-3-4-17-12-19(25-2)10-7-16(17)11-15/h3-12,22H,1-2H3,(H,23,24)/p-1/b21-13-. The number of methoxy groups -OCH3 is 1. The molecular weight excluding hydrogens is 316 g/mol. The Morgan fingerprint density at radius 3 is 2.28 bits per heavy atom. The lowest BCUT2D eigenvalue weighted by atomic mass is 10.0. The molecule has 126 valence electrons. The van der Waals surface area contributed by atoms with E-state index >= 15 is 0 Å². The summed E-state index contributed by atoms with van der Waals surface area (Å²) in [7, 11) is 1.65. The third-order valence-electron chi connectivity index (χ3n) is 3.94. The lowest BCUT2D eigenvalue weighted by Gasteiger charge is -2.07. The number of hydrogen-bond acceptors (Lipinski definition) is 5. The topological polar surface area (TPSA) is 73.8 Å². The monoisotopic (exact) mass is 333 g/mol. The Bertz CT molecular complexity index is 947. The van der Waals surface area contributed by atoms with Crippen LogP contribution in [0.25, 0.3) is 10.8 Å². The molecular formula is C20H17N2O3-. The quantitative estimate of drug-likeness (QED) is 0.575. The molecule has 0 aliphatic heterocycles. The van der Waals surface area contributed by atoms with Crippen LogP contribution in [0.5, 0.6) is 5.75 Å². The summed E-state index contributed by atoms with van der Waals surface area (Å²) < 4.78 is 5.24. The Morgan fingerprint density at radius 2 is 1.60 bits per heavy atom. The van der Waals surface area contributed by atoms with Crippen LogP contribution in [0, 0.1) is 0 Å². The number of carbonyl (C=O) groups excluding carboxylic acids is 1. The van der Waals surface area contributed by atoms with Crippen molar-refractivity contribution in [2.45, 2.75) is 6.92 Å². The highest BCUT2D eigenvalue weighted by Gasteiger charge is 2.02. The highest BCUT2D eigenvalue weighted by molar-refractivity contribution is 6.02. The summed E-state index contributed by atoms with van der Waals surface area (Å²) >= 11 is 0. The van der Waals surface area contributed by atoms with Crippen molar-refractivity contribution in [1.82, 2.24) is 0 Å². The van der Waals surface area contributed by atoms with Gasteiger partial charge in [-0.1, -0.05) is 30.3 Å². The molecule has 3 aromatic rings. The van der Waals surface area contributed by atoms with Gasteiger partial charge in [0.2, 0.25) is 0 Å². The Kier molecular flexibility index (Phi) is 4.66. The number of carboxylic acids is 1. The molecule has 0 spiro atoms. The van der Waals surface area contributed by atoms with Gasteiger partial charge in [-0.05, 0) is 59.2 Å². The number of hydrogen-bond donors (Lipinski definition) is 1. The van der Waals surface area contributed by atoms with E-state index in [1.807, 2.05) is 37.3 Å². The molecule has 0 aliphatic carbocycles. The zero-order valence-electron chi connectivity index (χ0n) is 13.9. The van der Waals surface area contributed by atoms with E-state index in [2.05, 4.69) is 16.6 Å². The lowest BCUT2D eigenvalue weighted by molar-refractivity contribution is -0.255. The molecule has 0 radical (unpaired) electrons. The summed E-state index contributed by atoms with van der Waals surface area (Å²) in [5, 5.41) is 17.3. The van der Waals surface area contributed by atoms with E-state index < -0.39 is 5.97 Å². The second-order valence-corrected chi connectivity index (χ2v) is 5.60. The molecule has 0 amide bonds. The molecule has 5 heteroatoms. The first-order chi connectivity index (χ1) is 12.1. The van der Waals surface area contributed by atoms with Gasteiger partial charge in [0.05, 0.1) is 24.5 Å². The Labute approximate surface area is 145 Å². The number of carbonyl (C=O) groups is 1. The van der Waals surface area contributed by atoms with Crippen molar-refractivity contribution in [1.29, 1.82) is 0 Å². The summed E-state index contributed by atoms with van der Waals surface area (Å²) in [5.74, 6) is -0.369. The number of hydrazone groups is 1. The van der Waals surface area contributed by atoms with Crippen LogP contribution in [0.1, 0.15) is 22.8 Å². The summed E-state index contributed by atoms with van der Waals surface area (Å²) in [6.07, 6.45) is 0. The molecule has 0 aromatic heterocycles. The van der Waals surface area contributed by atoms with Gasteiger partial charge in [-0.3, -0.25) is 5.43 Å². The van der Waals surface area contributed by atoms with Gasteiger partial charge in [0, 0.05) is 0 Å². The molecule has 3 aromatic carbocycles. The van der Waals surface area contributed by atoms with Gasteiger partial charge in [-0.15, -0.1) is 0 Å². The second kappa shape index (κ2) is 7.05. The van der Waals surface area contributed by atoms with Crippen molar-refractivity contribution in [2.75, 3.05) is 12.5 Å². The smallest absolute Gasteiger partial charge is 0.119 e. The van der Waals surface area contributed by atoms with E-state index in [1.54, 1.807) is 19.2 Å². The lowest BCUT2D eigenvalue weighted by Crippen LogP contribution is -2.21. The predicted octanol–water partition coefficient (Wildman–Crippen LogP) is 3.05. The van der Waals surface area contributed by atoms with Crippen LogP contribution in [-0.2, 0) is 0 Å². The number of nitrogens with zero attached hydrogens (tertiary/aromatic N) is 1. The fourth-order valence-electron chi connectivity index (χ4n) is 2.47. The Balaban J connectivity index is 1.79. The minimum Gasteiger partial charge on any atom is -0.545 e. The third-order valence-corrected chi connectivity index (χ3v) is 3.94. The molecule has 0 fully saturated rings. The fraction of sp³-hybridized carbons (Fsp3) is 0.100. The Hall–Kier alpha value is -3.34. The number of ether oxygens (including phenoxy) is 1. The first-order valence-corrected chi connectivity index (χ1v) is 7.77. The molecule has 0 saturated heterocycles. The van der Waals surface area contributed by atoms with Gasteiger partial charge in [-0.2, -0.15) is 5.10 Å². The van der Waals surface area contributed by atoms with Crippen LogP contribution >= 0.6 is 0 Å². The average molecular weight is 333 g/mol. The Morgan fingerprint density at radius 1 is 0.960 bits per heavy atom. The molecule has 0 saturated carbocycles. The minimum atomic E-state index is -1.20. The van der Waals surface area contributed by atoms with E-state index in [0.717, 1.165) is 27.8 Å². The first kappa shape index (κ1) is 16.5. The molecule has 0 bridgehead atoms. The maximum Gasteiger partial charge on any atom is 0.119 e. The van der Waals surface area contributed by atoms with Crippen molar-refractivity contribution in [3.8, 4) is 5.75 Å². The molecule has 0 aliphatic rings. The maximum absolute atomic E-state index is 10.7. The highest BCUT2D eigenvalue weighted by atomic mass is 16.5. The molecule has 0 unspecified atom stereocenters. The SMILES string of the molecule is COc1ccc2cc(/C(C)=N\Nc3ccc(C(=O)[O-])cc3)ccc2c1. The average Bonchev–Trinajstić information content (AvgIpc) is 2.65. The molecule has 1 N–H and O–H groups in total. The van der Waals surface area contributed by atoms with Gasteiger partial charge in [-0.25, -0.2) is 0 Å². The third kappa shape index (κ3) is 3.77. The van der Waals surface area contributed by atoms with Gasteiger partial charge >= 0.3 is 0 Å². The van der Waals surface area contributed by atoms with Crippen LogP contribution in [0.2, 0.25) is 0 Å². The fourth-order valence-corrected chi connectivity index (χ4v) is 2.47. The number of aromatic carboxylic acids is 1. The van der Waals surface area contributed by atoms with E-state index in [9.17, 15) is 9.90 Å². The van der Waals surface area contributed by atoms with E-state index in [4.69, 9.17) is 4.74 Å². The van der Waals surface area contributed by atoms with Crippen LogP contribution in [0.4, 0.5) is 5.69 Å². The van der Waals surface area contributed by atoms with Gasteiger partial charge < -0.3 is 14.6 Å².